The van der Waals surface area contributed by atoms with Gasteiger partial charge in [0.05, 0.1) is 5.69 Å². The Morgan fingerprint density at radius 2 is 0.980 bits per heavy atom. The second kappa shape index (κ2) is 11.3. The molecule has 0 fully saturated rings. The Balaban J connectivity index is 1.22. The first-order valence-electron chi connectivity index (χ1n) is 17.7. The van der Waals surface area contributed by atoms with Gasteiger partial charge in [0, 0.05) is 32.9 Å². The van der Waals surface area contributed by atoms with Gasteiger partial charge in [-0.15, -0.1) is 0 Å². The number of benzene rings is 8. The zero-order valence-corrected chi connectivity index (χ0v) is 28.6. The van der Waals surface area contributed by atoms with Crippen LogP contribution in [0.2, 0.25) is 0 Å². The molecule has 0 atom stereocenters. The molecule has 2 heteroatoms. The summed E-state index contributed by atoms with van der Waals surface area (Å²) >= 11 is 0. The molecule has 0 saturated carbocycles. The minimum Gasteiger partial charge on any atom is -0.453 e. The summed E-state index contributed by atoms with van der Waals surface area (Å²) in [5, 5.41) is 4.52. The highest BCUT2D eigenvalue weighted by Crippen LogP contribution is 2.51. The third-order valence-electron chi connectivity index (χ3n) is 10.9. The fourth-order valence-corrected chi connectivity index (χ4v) is 8.33. The number of rotatable bonds is 5. The van der Waals surface area contributed by atoms with Crippen molar-refractivity contribution < 1.29 is 4.42 Å². The first-order chi connectivity index (χ1) is 25.1. The molecule has 242 valence electrons. The van der Waals surface area contributed by atoms with Gasteiger partial charge in [0.2, 0.25) is 0 Å². The largest absolute Gasteiger partial charge is 0.453 e. The minimum absolute atomic E-state index is 0.122. The molecule has 0 saturated heterocycles. The zero-order valence-electron chi connectivity index (χ0n) is 28.6. The van der Waals surface area contributed by atoms with Gasteiger partial charge in [0.1, 0.15) is 5.58 Å². The molecule has 0 bridgehead atoms. The normalized spacial score (nSPS) is 13.1. The van der Waals surface area contributed by atoms with E-state index in [1.807, 2.05) is 0 Å². The van der Waals surface area contributed by atoms with E-state index in [0.29, 0.717) is 0 Å². The second-order valence-corrected chi connectivity index (χ2v) is 14.1. The van der Waals surface area contributed by atoms with Crippen LogP contribution in [0.4, 0.5) is 17.1 Å². The predicted molar refractivity (Wildman–Crippen MR) is 214 cm³/mol. The highest BCUT2D eigenvalue weighted by Gasteiger charge is 2.36. The first-order valence-corrected chi connectivity index (χ1v) is 17.7. The van der Waals surface area contributed by atoms with Gasteiger partial charge in [0.15, 0.2) is 5.58 Å². The molecule has 1 aliphatic rings. The summed E-state index contributed by atoms with van der Waals surface area (Å²) in [5.74, 6) is 0. The van der Waals surface area contributed by atoms with Gasteiger partial charge in [-0.2, -0.15) is 0 Å². The van der Waals surface area contributed by atoms with Crippen LogP contribution >= 0.6 is 0 Å². The van der Waals surface area contributed by atoms with Gasteiger partial charge in [-0.25, -0.2) is 0 Å². The lowest BCUT2D eigenvalue weighted by Crippen LogP contribution is -2.16. The van der Waals surface area contributed by atoms with Crippen molar-refractivity contribution in [3.8, 4) is 33.4 Å². The van der Waals surface area contributed by atoms with Crippen molar-refractivity contribution in [3.05, 3.63) is 187 Å². The van der Waals surface area contributed by atoms with Crippen molar-refractivity contribution in [3.63, 3.8) is 0 Å². The highest BCUT2D eigenvalue weighted by molar-refractivity contribution is 6.21. The zero-order chi connectivity index (χ0) is 34.1. The maximum absolute atomic E-state index is 7.05. The van der Waals surface area contributed by atoms with Crippen molar-refractivity contribution in [2.45, 2.75) is 19.3 Å². The average Bonchev–Trinajstić information content (AvgIpc) is 3.68. The van der Waals surface area contributed by atoms with Crippen molar-refractivity contribution in [1.82, 2.24) is 0 Å². The molecule has 0 spiro atoms. The smallest absolute Gasteiger partial charge is 0.159 e. The molecule has 9 aromatic rings. The molecular weight excluding hydrogens is 619 g/mol. The Morgan fingerprint density at radius 3 is 1.76 bits per heavy atom. The number of fused-ring (bicyclic) bond motifs is 8. The predicted octanol–water partition coefficient (Wildman–Crippen LogP) is 13.8. The Kier molecular flexibility index (Phi) is 6.56. The summed E-state index contributed by atoms with van der Waals surface area (Å²) in [7, 11) is 0. The summed E-state index contributed by atoms with van der Waals surface area (Å²) in [4.78, 5) is 2.37. The van der Waals surface area contributed by atoms with E-state index in [1.54, 1.807) is 0 Å². The fraction of sp³-hybridized carbons (Fsp3) is 0.0612. The summed E-state index contributed by atoms with van der Waals surface area (Å²) in [5.41, 5.74) is 15.0. The molecule has 8 aromatic carbocycles. The van der Waals surface area contributed by atoms with Crippen molar-refractivity contribution in [2.75, 3.05) is 4.90 Å². The van der Waals surface area contributed by atoms with E-state index in [9.17, 15) is 0 Å². The van der Waals surface area contributed by atoms with Gasteiger partial charge < -0.3 is 9.32 Å². The number of para-hydroxylation sites is 1. The second-order valence-electron chi connectivity index (χ2n) is 14.1. The first kappa shape index (κ1) is 29.5. The van der Waals surface area contributed by atoms with E-state index >= 15 is 0 Å². The van der Waals surface area contributed by atoms with Crippen LogP contribution in [0.5, 0.6) is 0 Å². The summed E-state index contributed by atoms with van der Waals surface area (Å²) < 4.78 is 7.05. The van der Waals surface area contributed by atoms with Crippen LogP contribution in [0.25, 0.3) is 66.1 Å². The van der Waals surface area contributed by atoms with E-state index in [-0.39, 0.29) is 5.41 Å². The monoisotopic (exact) mass is 653 g/mol. The highest BCUT2D eigenvalue weighted by atomic mass is 16.3. The average molecular weight is 654 g/mol. The number of hydrogen-bond donors (Lipinski definition) is 0. The standard InChI is InChI=1S/C49H35NO/c1-49(2)44-22-12-11-19-38(44)39-29-28-36(30-45(39)49)50(35-26-24-33(25-27-35)32-14-5-3-6-15-32)46-23-13-21-41-43-31-42(34-16-7-4-8-17-34)37-18-9-10-20-40(37)47(43)51-48(41)46/h3-31H,1-2H3. The molecule has 0 radical (unpaired) electrons. The van der Waals surface area contributed by atoms with Crippen LogP contribution < -0.4 is 4.90 Å². The Hall–Kier alpha value is -6.38. The molecule has 0 aliphatic heterocycles. The molecule has 1 aliphatic carbocycles. The lowest BCUT2D eigenvalue weighted by molar-refractivity contribution is 0.660. The third-order valence-corrected chi connectivity index (χ3v) is 10.9. The number of nitrogens with zero attached hydrogens (tertiary/aromatic N) is 1. The third kappa shape index (κ3) is 4.57. The van der Waals surface area contributed by atoms with E-state index in [4.69, 9.17) is 4.42 Å². The number of anilines is 3. The Labute approximate surface area is 297 Å². The molecule has 51 heavy (non-hydrogen) atoms. The van der Waals surface area contributed by atoms with E-state index in [0.717, 1.165) is 44.4 Å². The maximum Gasteiger partial charge on any atom is 0.159 e. The van der Waals surface area contributed by atoms with Crippen molar-refractivity contribution >= 4 is 49.8 Å². The van der Waals surface area contributed by atoms with Gasteiger partial charge in [-0.3, -0.25) is 0 Å². The molecule has 1 heterocycles. The number of furan rings is 1. The van der Waals surface area contributed by atoms with E-state index in [1.165, 1.54) is 49.9 Å². The Morgan fingerprint density at radius 1 is 0.392 bits per heavy atom. The van der Waals surface area contributed by atoms with Crippen LogP contribution in [0.3, 0.4) is 0 Å². The minimum atomic E-state index is -0.122. The lowest BCUT2D eigenvalue weighted by atomic mass is 9.82. The van der Waals surface area contributed by atoms with Crippen LogP contribution in [0.15, 0.2) is 180 Å². The molecule has 0 unspecified atom stereocenters. The van der Waals surface area contributed by atoms with Gasteiger partial charge in [0.25, 0.3) is 0 Å². The van der Waals surface area contributed by atoms with Gasteiger partial charge in [-0.05, 0) is 86.3 Å². The fourth-order valence-electron chi connectivity index (χ4n) is 8.33. The molecule has 1 aromatic heterocycles. The van der Waals surface area contributed by atoms with Crippen molar-refractivity contribution in [2.24, 2.45) is 0 Å². The Bertz CT molecular complexity index is 2760. The molecule has 0 N–H and O–H groups in total. The van der Waals surface area contributed by atoms with Crippen molar-refractivity contribution in [1.29, 1.82) is 0 Å². The van der Waals surface area contributed by atoms with Crippen LogP contribution in [-0.4, -0.2) is 0 Å². The summed E-state index contributed by atoms with van der Waals surface area (Å²) in [6, 6.07) is 63.5. The van der Waals surface area contributed by atoms with Gasteiger partial charge in [-0.1, -0.05) is 153 Å². The van der Waals surface area contributed by atoms with Gasteiger partial charge >= 0.3 is 0 Å². The van der Waals surface area contributed by atoms with E-state index in [2.05, 4.69) is 195 Å². The number of hydrogen-bond acceptors (Lipinski definition) is 2. The van der Waals surface area contributed by atoms with E-state index < -0.39 is 0 Å². The topological polar surface area (TPSA) is 16.4 Å². The quantitative estimate of drug-likeness (QED) is 0.184. The lowest BCUT2D eigenvalue weighted by Gasteiger charge is -2.28. The maximum atomic E-state index is 7.05. The SMILES string of the molecule is CC1(C)c2ccccc2-c2ccc(N(c3ccc(-c4ccccc4)cc3)c3cccc4c3oc3c5ccccc5c(-c5ccccc5)cc43)cc21. The molecule has 2 nitrogen and oxygen atoms in total. The van der Waals surface area contributed by atoms with Crippen LogP contribution in [-0.2, 0) is 5.41 Å². The van der Waals surface area contributed by atoms with Crippen LogP contribution in [0, 0.1) is 0 Å². The van der Waals surface area contributed by atoms with Crippen LogP contribution in [0.1, 0.15) is 25.0 Å². The molecule has 10 rings (SSSR count). The summed E-state index contributed by atoms with van der Waals surface area (Å²) in [6.07, 6.45) is 0. The molecular formula is C49H35NO. The molecule has 0 amide bonds. The summed E-state index contributed by atoms with van der Waals surface area (Å²) in [6.45, 7) is 4.69.